The van der Waals surface area contributed by atoms with Gasteiger partial charge < -0.3 is 10.1 Å². The molecular weight excluding hydrogens is 258 g/mol. The van der Waals surface area contributed by atoms with Crippen molar-refractivity contribution in [2.45, 2.75) is 65.0 Å². The summed E-state index contributed by atoms with van der Waals surface area (Å²) in [5.74, 6) is 2.69. The van der Waals surface area contributed by atoms with Gasteiger partial charge in [-0.1, -0.05) is 38.8 Å². The van der Waals surface area contributed by atoms with E-state index >= 15 is 0 Å². The first-order valence-corrected chi connectivity index (χ1v) is 8.50. The Kier molecular flexibility index (Phi) is 6.10. The van der Waals surface area contributed by atoms with Crippen LogP contribution in [0.15, 0.2) is 24.3 Å². The molecule has 2 rings (SSSR count). The molecule has 0 aliphatic heterocycles. The van der Waals surface area contributed by atoms with Crippen LogP contribution in [-0.4, -0.2) is 13.2 Å². The van der Waals surface area contributed by atoms with Crippen LogP contribution in [0.3, 0.4) is 0 Å². The highest BCUT2D eigenvalue weighted by molar-refractivity contribution is 5.28. The summed E-state index contributed by atoms with van der Waals surface area (Å²) in [5, 5.41) is 3.83. The molecule has 1 aromatic carbocycles. The Morgan fingerprint density at radius 3 is 2.33 bits per heavy atom. The van der Waals surface area contributed by atoms with Crippen LogP contribution in [0.4, 0.5) is 0 Å². The van der Waals surface area contributed by atoms with E-state index in [1.54, 1.807) is 7.11 Å². The molecule has 0 saturated heterocycles. The van der Waals surface area contributed by atoms with E-state index in [0.29, 0.717) is 12.1 Å². The van der Waals surface area contributed by atoms with E-state index in [0.717, 1.165) is 17.6 Å². The molecule has 0 amide bonds. The Bertz CT molecular complexity index is 412. The van der Waals surface area contributed by atoms with Gasteiger partial charge in [-0.2, -0.15) is 0 Å². The summed E-state index contributed by atoms with van der Waals surface area (Å²) in [6, 6.07) is 9.53. The second-order valence-electron chi connectivity index (χ2n) is 6.87. The van der Waals surface area contributed by atoms with Crippen LogP contribution in [0.2, 0.25) is 0 Å². The molecule has 1 fully saturated rings. The number of nitrogens with one attached hydrogen (secondary N) is 1. The highest BCUT2D eigenvalue weighted by Crippen LogP contribution is 2.30. The second kappa shape index (κ2) is 7.84. The van der Waals surface area contributed by atoms with E-state index in [4.69, 9.17) is 4.74 Å². The highest BCUT2D eigenvalue weighted by atomic mass is 16.5. The molecule has 3 atom stereocenters. The first-order valence-electron chi connectivity index (χ1n) is 8.50. The number of ether oxygens (including phenoxy) is 1. The number of hydrogen-bond donors (Lipinski definition) is 1. The van der Waals surface area contributed by atoms with Crippen molar-refractivity contribution >= 4 is 0 Å². The van der Waals surface area contributed by atoms with Crippen LogP contribution in [0, 0.1) is 11.8 Å². The Hall–Kier alpha value is -1.02. The van der Waals surface area contributed by atoms with Crippen molar-refractivity contribution in [2.24, 2.45) is 11.8 Å². The molecule has 0 heterocycles. The largest absolute Gasteiger partial charge is 0.497 e. The third-order valence-corrected chi connectivity index (χ3v) is 5.06. The zero-order valence-electron chi connectivity index (χ0n) is 14.1. The van der Waals surface area contributed by atoms with E-state index in [1.165, 1.54) is 37.7 Å². The predicted octanol–water partition coefficient (Wildman–Crippen LogP) is 4.95. The van der Waals surface area contributed by atoms with Crippen molar-refractivity contribution in [3.05, 3.63) is 29.8 Å². The minimum atomic E-state index is 0.413. The zero-order chi connectivity index (χ0) is 15.2. The maximum Gasteiger partial charge on any atom is 0.118 e. The molecule has 118 valence electrons. The van der Waals surface area contributed by atoms with Gasteiger partial charge in [0.1, 0.15) is 5.75 Å². The molecule has 21 heavy (non-hydrogen) atoms. The Morgan fingerprint density at radius 1 is 1.00 bits per heavy atom. The van der Waals surface area contributed by atoms with Crippen molar-refractivity contribution in [2.75, 3.05) is 7.11 Å². The Morgan fingerprint density at radius 2 is 1.71 bits per heavy atom. The third kappa shape index (κ3) is 4.74. The number of methoxy groups -OCH3 is 1. The smallest absolute Gasteiger partial charge is 0.118 e. The van der Waals surface area contributed by atoms with Gasteiger partial charge in [-0.05, 0) is 55.7 Å². The second-order valence-corrected chi connectivity index (χ2v) is 6.87. The fourth-order valence-electron chi connectivity index (χ4n) is 3.51. The average Bonchev–Trinajstić information content (AvgIpc) is 2.73. The van der Waals surface area contributed by atoms with Gasteiger partial charge in [-0.25, -0.2) is 0 Å². The minimum Gasteiger partial charge on any atom is -0.497 e. The Balaban J connectivity index is 1.88. The van der Waals surface area contributed by atoms with Crippen molar-refractivity contribution in [1.29, 1.82) is 0 Å². The maximum absolute atomic E-state index is 5.23. The van der Waals surface area contributed by atoms with Crippen LogP contribution < -0.4 is 10.1 Å². The monoisotopic (exact) mass is 289 g/mol. The minimum absolute atomic E-state index is 0.413. The lowest BCUT2D eigenvalue weighted by Gasteiger charge is -2.23. The number of benzene rings is 1. The summed E-state index contributed by atoms with van der Waals surface area (Å²) >= 11 is 0. The van der Waals surface area contributed by atoms with Crippen LogP contribution >= 0.6 is 0 Å². The lowest BCUT2D eigenvalue weighted by atomic mass is 9.89. The first-order chi connectivity index (χ1) is 10.1. The quantitative estimate of drug-likeness (QED) is 0.774. The molecule has 1 aromatic rings. The summed E-state index contributed by atoms with van der Waals surface area (Å²) in [5.41, 5.74) is 1.35. The lowest BCUT2D eigenvalue weighted by molar-refractivity contribution is 0.335. The summed E-state index contributed by atoms with van der Waals surface area (Å²) in [7, 11) is 1.72. The number of hydrogen-bond acceptors (Lipinski definition) is 2. The van der Waals surface area contributed by atoms with Crippen LogP contribution in [0.1, 0.15) is 64.5 Å². The van der Waals surface area contributed by atoms with Crippen molar-refractivity contribution in [3.8, 4) is 5.75 Å². The molecule has 2 unspecified atom stereocenters. The fraction of sp³-hybridized carbons (Fsp3) is 0.684. The van der Waals surface area contributed by atoms with Gasteiger partial charge in [-0.3, -0.25) is 0 Å². The Labute approximate surface area is 130 Å². The van der Waals surface area contributed by atoms with Crippen LogP contribution in [0.25, 0.3) is 0 Å². The molecule has 0 spiro atoms. The first kappa shape index (κ1) is 16.4. The lowest BCUT2D eigenvalue weighted by Crippen LogP contribution is -2.31. The topological polar surface area (TPSA) is 21.3 Å². The van der Waals surface area contributed by atoms with E-state index < -0.39 is 0 Å². The van der Waals surface area contributed by atoms with Crippen LogP contribution in [-0.2, 0) is 0 Å². The van der Waals surface area contributed by atoms with Gasteiger partial charge in [0.05, 0.1) is 7.11 Å². The molecular formula is C19H31NO. The summed E-state index contributed by atoms with van der Waals surface area (Å²) in [6.07, 6.45) is 6.81. The fourth-order valence-corrected chi connectivity index (χ4v) is 3.51. The molecule has 1 saturated carbocycles. The van der Waals surface area contributed by atoms with Gasteiger partial charge >= 0.3 is 0 Å². The normalized spacial score (nSPS) is 24.6. The van der Waals surface area contributed by atoms with Gasteiger partial charge in [0, 0.05) is 12.1 Å². The van der Waals surface area contributed by atoms with E-state index in [9.17, 15) is 0 Å². The van der Waals surface area contributed by atoms with E-state index in [1.807, 2.05) is 0 Å². The predicted molar refractivity (Wildman–Crippen MR) is 89.7 cm³/mol. The van der Waals surface area contributed by atoms with Gasteiger partial charge in [0.2, 0.25) is 0 Å². The van der Waals surface area contributed by atoms with Gasteiger partial charge in [0.15, 0.2) is 0 Å². The summed E-state index contributed by atoms with van der Waals surface area (Å²) < 4.78 is 5.23. The van der Waals surface area contributed by atoms with E-state index in [-0.39, 0.29) is 0 Å². The van der Waals surface area contributed by atoms with Crippen molar-refractivity contribution in [1.82, 2.24) is 5.32 Å². The maximum atomic E-state index is 5.23. The molecule has 2 heteroatoms. The molecule has 0 aromatic heterocycles. The average molecular weight is 289 g/mol. The molecule has 0 radical (unpaired) electrons. The van der Waals surface area contributed by atoms with Crippen molar-refractivity contribution in [3.63, 3.8) is 0 Å². The number of rotatable bonds is 5. The zero-order valence-corrected chi connectivity index (χ0v) is 14.1. The van der Waals surface area contributed by atoms with E-state index in [2.05, 4.69) is 50.4 Å². The molecule has 1 aliphatic rings. The SMILES string of the molecule is COc1ccc([C@@H](C)NC2CCCC(C(C)C)CC2)cc1. The van der Waals surface area contributed by atoms with Gasteiger partial charge in [0.25, 0.3) is 0 Å². The molecule has 1 N–H and O–H groups in total. The summed E-state index contributed by atoms with van der Waals surface area (Å²) in [6.45, 7) is 7.02. The third-order valence-electron chi connectivity index (χ3n) is 5.06. The summed E-state index contributed by atoms with van der Waals surface area (Å²) in [4.78, 5) is 0. The van der Waals surface area contributed by atoms with Gasteiger partial charge in [-0.15, -0.1) is 0 Å². The van der Waals surface area contributed by atoms with Crippen LogP contribution in [0.5, 0.6) is 5.75 Å². The highest BCUT2D eigenvalue weighted by Gasteiger charge is 2.22. The standard InChI is InChI=1S/C19H31NO/c1-14(2)16-6-5-7-18(11-8-16)20-15(3)17-9-12-19(21-4)13-10-17/h9-10,12-16,18,20H,5-8,11H2,1-4H3/t15-,16?,18?/m1/s1. The molecule has 2 nitrogen and oxygen atoms in total. The van der Waals surface area contributed by atoms with Crippen molar-refractivity contribution < 1.29 is 4.74 Å². The molecule has 0 bridgehead atoms. The molecule has 1 aliphatic carbocycles.